The van der Waals surface area contributed by atoms with E-state index in [9.17, 15) is 0 Å². The lowest BCUT2D eigenvalue weighted by atomic mass is 9.91. The first-order chi connectivity index (χ1) is 16.3. The van der Waals surface area contributed by atoms with Crippen LogP contribution in [0.2, 0.25) is 5.02 Å². The van der Waals surface area contributed by atoms with Gasteiger partial charge in [-0.1, -0.05) is 43.6 Å². The first kappa shape index (κ1) is 26.1. The summed E-state index contributed by atoms with van der Waals surface area (Å²) in [5, 5.41) is 0.705. The quantitative estimate of drug-likeness (QED) is 0.371. The highest BCUT2D eigenvalue weighted by atomic mass is 35.5. The summed E-state index contributed by atoms with van der Waals surface area (Å²) in [6, 6.07) is 13.8. The molecule has 0 radical (unpaired) electrons. The van der Waals surface area contributed by atoms with E-state index in [4.69, 9.17) is 35.8 Å². The van der Waals surface area contributed by atoms with Crippen LogP contribution in [0, 0.1) is 12.8 Å². The fraction of sp³-hybridized carbons (Fsp3) is 0.500. The predicted octanol–water partition coefficient (Wildman–Crippen LogP) is 7.43. The molecular weight excluding hydrogens is 448 g/mol. The van der Waals surface area contributed by atoms with Gasteiger partial charge in [0.2, 0.25) is 11.8 Å². The van der Waals surface area contributed by atoms with Gasteiger partial charge in [0.1, 0.15) is 23.1 Å². The maximum atomic E-state index is 6.60. The number of nitrogens with zero attached hydrogens (tertiary/aromatic N) is 2. The first-order valence-electron chi connectivity index (χ1n) is 12.2. The fourth-order valence-corrected chi connectivity index (χ4v) is 4.37. The molecule has 0 unspecified atom stereocenters. The van der Waals surface area contributed by atoms with Crippen molar-refractivity contribution in [2.24, 2.45) is 15.9 Å². The number of benzene rings is 2. The standard InChI is InChI=1S/C28H37ClN2O3/c1-7-32-26-25(19(3)4)30-27(33-8-2)28(6,31-26)16-10-12-21-14-15-23(18-24(21)29)34-22-13-9-11-20(5)17-22/h9,11,13-15,17-19,25H,7-8,10,12,16H2,1-6H3/t25-,28+/m0/s1. The molecule has 0 aromatic heterocycles. The molecule has 0 fully saturated rings. The molecular formula is C28H37ClN2O3. The Kier molecular flexibility index (Phi) is 9.01. The van der Waals surface area contributed by atoms with E-state index in [1.807, 2.05) is 63.2 Å². The third-order valence-corrected chi connectivity index (χ3v) is 6.24. The minimum Gasteiger partial charge on any atom is -0.480 e. The van der Waals surface area contributed by atoms with Crippen LogP contribution in [0.1, 0.15) is 58.6 Å². The van der Waals surface area contributed by atoms with Crippen molar-refractivity contribution in [3.8, 4) is 11.5 Å². The maximum absolute atomic E-state index is 6.60. The van der Waals surface area contributed by atoms with Crippen molar-refractivity contribution in [2.45, 2.75) is 72.4 Å². The summed E-state index contributed by atoms with van der Waals surface area (Å²) in [5.74, 6) is 3.23. The van der Waals surface area contributed by atoms with Crippen LogP contribution in [0.5, 0.6) is 11.5 Å². The SMILES string of the molecule is CCOC1=N[C@](C)(CCCc2ccc(Oc3cccc(C)c3)cc2Cl)C(OCC)=N[C@H]1C(C)C. The lowest BCUT2D eigenvalue weighted by Crippen LogP contribution is -2.45. The van der Waals surface area contributed by atoms with Crippen LogP contribution >= 0.6 is 11.6 Å². The highest BCUT2D eigenvalue weighted by Gasteiger charge is 2.39. The molecule has 34 heavy (non-hydrogen) atoms. The van der Waals surface area contributed by atoms with Crippen LogP contribution in [0.15, 0.2) is 52.4 Å². The lowest BCUT2D eigenvalue weighted by Gasteiger charge is -2.34. The molecule has 5 nitrogen and oxygen atoms in total. The summed E-state index contributed by atoms with van der Waals surface area (Å²) < 4.78 is 17.8. The molecule has 3 rings (SSSR count). The molecule has 0 amide bonds. The van der Waals surface area contributed by atoms with Gasteiger partial charge >= 0.3 is 0 Å². The van der Waals surface area contributed by atoms with E-state index in [0.717, 1.165) is 41.9 Å². The molecule has 2 atom stereocenters. The van der Waals surface area contributed by atoms with Crippen molar-refractivity contribution in [1.82, 2.24) is 0 Å². The predicted molar refractivity (Wildman–Crippen MR) is 141 cm³/mol. The first-order valence-corrected chi connectivity index (χ1v) is 12.6. The second kappa shape index (κ2) is 11.7. The molecule has 0 bridgehead atoms. The van der Waals surface area contributed by atoms with Crippen molar-refractivity contribution in [1.29, 1.82) is 0 Å². The molecule has 1 aliphatic rings. The van der Waals surface area contributed by atoms with E-state index in [1.165, 1.54) is 0 Å². The van der Waals surface area contributed by atoms with Gasteiger partial charge in [0, 0.05) is 5.02 Å². The zero-order chi connectivity index (χ0) is 24.7. The van der Waals surface area contributed by atoms with Gasteiger partial charge in [0.05, 0.1) is 13.2 Å². The molecule has 0 spiro atoms. The Morgan fingerprint density at radius 1 is 1.03 bits per heavy atom. The van der Waals surface area contributed by atoms with Gasteiger partial charge in [-0.15, -0.1) is 0 Å². The number of ether oxygens (including phenoxy) is 3. The molecule has 0 saturated carbocycles. The summed E-state index contributed by atoms with van der Waals surface area (Å²) in [6.45, 7) is 13.5. The Labute approximate surface area is 209 Å². The number of halogens is 1. The van der Waals surface area contributed by atoms with Gasteiger partial charge in [0.15, 0.2) is 0 Å². The van der Waals surface area contributed by atoms with Crippen molar-refractivity contribution in [3.05, 3.63) is 58.6 Å². The van der Waals surface area contributed by atoms with E-state index in [1.54, 1.807) is 0 Å². The summed E-state index contributed by atoms with van der Waals surface area (Å²) in [7, 11) is 0. The highest BCUT2D eigenvalue weighted by molar-refractivity contribution is 6.31. The molecule has 1 aliphatic heterocycles. The summed E-state index contributed by atoms with van der Waals surface area (Å²) in [5.41, 5.74) is 1.69. The van der Waals surface area contributed by atoms with Crippen molar-refractivity contribution in [2.75, 3.05) is 13.2 Å². The van der Waals surface area contributed by atoms with Gasteiger partial charge in [-0.25, -0.2) is 9.98 Å². The van der Waals surface area contributed by atoms with Gasteiger partial charge < -0.3 is 14.2 Å². The van der Waals surface area contributed by atoms with E-state index in [0.29, 0.717) is 30.0 Å². The van der Waals surface area contributed by atoms with E-state index in [-0.39, 0.29) is 12.0 Å². The topological polar surface area (TPSA) is 52.4 Å². The van der Waals surface area contributed by atoms with E-state index in [2.05, 4.69) is 20.8 Å². The third kappa shape index (κ3) is 6.53. The van der Waals surface area contributed by atoms with Crippen LogP contribution in [-0.2, 0) is 15.9 Å². The van der Waals surface area contributed by atoms with Crippen LogP contribution in [0.25, 0.3) is 0 Å². The zero-order valence-corrected chi connectivity index (χ0v) is 22.0. The number of hydrogen-bond donors (Lipinski definition) is 0. The molecule has 0 saturated heterocycles. The highest BCUT2D eigenvalue weighted by Crippen LogP contribution is 2.32. The van der Waals surface area contributed by atoms with E-state index >= 15 is 0 Å². The second-order valence-corrected chi connectivity index (χ2v) is 9.65. The third-order valence-electron chi connectivity index (χ3n) is 5.89. The Balaban J connectivity index is 1.69. The molecule has 2 aromatic carbocycles. The van der Waals surface area contributed by atoms with Crippen LogP contribution in [0.4, 0.5) is 0 Å². The number of rotatable bonds is 9. The Bertz CT molecular complexity index is 1030. The molecule has 0 N–H and O–H groups in total. The molecule has 0 aliphatic carbocycles. The molecule has 6 heteroatoms. The minimum absolute atomic E-state index is 0.107. The van der Waals surface area contributed by atoms with Gasteiger partial charge in [-0.3, -0.25) is 0 Å². The monoisotopic (exact) mass is 484 g/mol. The van der Waals surface area contributed by atoms with Crippen LogP contribution in [0.3, 0.4) is 0 Å². The Hall–Kier alpha value is -2.53. The number of aryl methyl sites for hydroxylation is 2. The van der Waals surface area contributed by atoms with Gasteiger partial charge in [0.25, 0.3) is 0 Å². The van der Waals surface area contributed by atoms with Crippen molar-refractivity contribution in [3.63, 3.8) is 0 Å². The summed E-state index contributed by atoms with van der Waals surface area (Å²) >= 11 is 6.60. The smallest absolute Gasteiger partial charge is 0.212 e. The molecule has 2 aromatic rings. The van der Waals surface area contributed by atoms with Gasteiger partial charge in [-0.2, -0.15) is 0 Å². The normalized spacial score (nSPS) is 20.1. The fourth-order valence-electron chi connectivity index (χ4n) is 4.10. The number of aliphatic imine (C=N–C) groups is 2. The summed E-state index contributed by atoms with van der Waals surface area (Å²) in [6.07, 6.45) is 2.49. The average Bonchev–Trinajstić information content (AvgIpc) is 2.77. The Morgan fingerprint density at radius 2 is 1.76 bits per heavy atom. The van der Waals surface area contributed by atoms with Crippen LogP contribution < -0.4 is 4.74 Å². The lowest BCUT2D eigenvalue weighted by molar-refractivity contribution is 0.255. The van der Waals surface area contributed by atoms with Gasteiger partial charge in [-0.05, 0) is 88.3 Å². The van der Waals surface area contributed by atoms with E-state index < -0.39 is 5.54 Å². The van der Waals surface area contributed by atoms with Crippen molar-refractivity contribution < 1.29 is 14.2 Å². The van der Waals surface area contributed by atoms with Crippen molar-refractivity contribution >= 4 is 23.4 Å². The van der Waals surface area contributed by atoms with Crippen LogP contribution in [-0.4, -0.2) is 36.6 Å². The molecule has 184 valence electrons. The maximum Gasteiger partial charge on any atom is 0.212 e. The minimum atomic E-state index is -0.549. The molecule has 1 heterocycles. The number of hydrogen-bond acceptors (Lipinski definition) is 5. The second-order valence-electron chi connectivity index (χ2n) is 9.24. The zero-order valence-electron chi connectivity index (χ0n) is 21.2. The largest absolute Gasteiger partial charge is 0.480 e. The average molecular weight is 485 g/mol. The Morgan fingerprint density at radius 3 is 2.41 bits per heavy atom. The summed E-state index contributed by atoms with van der Waals surface area (Å²) in [4.78, 5) is 9.93.